The van der Waals surface area contributed by atoms with Gasteiger partial charge in [-0.1, -0.05) is 17.8 Å². The Kier molecular flexibility index (Phi) is 1.51. The van der Waals surface area contributed by atoms with Crippen molar-refractivity contribution in [3.8, 4) is 0 Å². The molecule has 2 aliphatic heterocycles. The van der Waals surface area contributed by atoms with Gasteiger partial charge in [-0.25, -0.2) is 4.99 Å². The Hall–Kier alpha value is -0.700. The second-order valence-corrected chi connectivity index (χ2v) is 3.13. The van der Waals surface area contributed by atoms with Crippen molar-refractivity contribution in [3.63, 3.8) is 0 Å². The number of nitrogens with zero attached hydrogens (tertiary/aromatic N) is 2. The van der Waals surface area contributed by atoms with Gasteiger partial charge in [0.05, 0.1) is 0 Å². The average Bonchev–Trinajstić information content (AvgIpc) is 2.05. The molecule has 0 aromatic carbocycles. The van der Waals surface area contributed by atoms with E-state index in [-0.39, 0.29) is 0 Å². The van der Waals surface area contributed by atoms with Gasteiger partial charge in [0, 0.05) is 24.7 Å². The van der Waals surface area contributed by atoms with Crippen molar-refractivity contribution in [3.05, 3.63) is 24.6 Å². The van der Waals surface area contributed by atoms with Crippen molar-refractivity contribution in [1.82, 2.24) is 4.90 Å². The number of hydrogen-bond acceptors (Lipinski definition) is 3. The highest BCUT2D eigenvalue weighted by Gasteiger charge is 2.12. The van der Waals surface area contributed by atoms with Crippen LogP contribution in [0, 0.1) is 0 Å². The van der Waals surface area contributed by atoms with Gasteiger partial charge >= 0.3 is 0 Å². The highest BCUT2D eigenvalue weighted by molar-refractivity contribution is 8.14. The zero-order chi connectivity index (χ0) is 6.81. The third kappa shape index (κ3) is 0.968. The molecule has 2 nitrogen and oxygen atoms in total. The van der Waals surface area contributed by atoms with Crippen LogP contribution in [0.25, 0.3) is 0 Å². The molecule has 0 fully saturated rings. The Bertz CT molecular complexity index is 218. The zero-order valence-corrected chi connectivity index (χ0v) is 6.34. The molecule has 0 atom stereocenters. The van der Waals surface area contributed by atoms with Crippen molar-refractivity contribution < 1.29 is 0 Å². The molecule has 0 aromatic rings. The van der Waals surface area contributed by atoms with E-state index in [1.807, 2.05) is 6.20 Å². The average molecular weight is 152 g/mol. The lowest BCUT2D eigenvalue weighted by atomic mass is 10.5. The van der Waals surface area contributed by atoms with E-state index in [1.54, 1.807) is 11.8 Å². The fraction of sp³-hybridized carbons (Fsp3) is 0.286. The Labute approximate surface area is 64.3 Å². The van der Waals surface area contributed by atoms with Crippen molar-refractivity contribution in [2.24, 2.45) is 4.99 Å². The maximum atomic E-state index is 4.23. The number of fused-ring (bicyclic) bond motifs is 1. The highest BCUT2D eigenvalue weighted by Crippen LogP contribution is 2.17. The number of rotatable bonds is 0. The second kappa shape index (κ2) is 2.50. The summed E-state index contributed by atoms with van der Waals surface area (Å²) < 4.78 is 0. The lowest BCUT2D eigenvalue weighted by Gasteiger charge is -2.24. The molecular weight excluding hydrogens is 144 g/mol. The first-order valence-electron chi connectivity index (χ1n) is 3.26. The highest BCUT2D eigenvalue weighted by atomic mass is 32.2. The summed E-state index contributed by atoms with van der Waals surface area (Å²) >= 11 is 1.78. The number of hydrogen-bond donors (Lipinski definition) is 0. The lowest BCUT2D eigenvalue weighted by molar-refractivity contribution is 0.623. The number of aliphatic imine (C=N–C) groups is 1. The van der Waals surface area contributed by atoms with E-state index in [0.29, 0.717) is 0 Å². The van der Waals surface area contributed by atoms with Crippen LogP contribution in [0.5, 0.6) is 0 Å². The topological polar surface area (TPSA) is 15.6 Å². The van der Waals surface area contributed by atoms with Gasteiger partial charge in [-0.2, -0.15) is 0 Å². The van der Waals surface area contributed by atoms with Crippen LogP contribution in [0.4, 0.5) is 0 Å². The van der Waals surface area contributed by atoms with Gasteiger partial charge in [0.15, 0.2) is 5.17 Å². The summed E-state index contributed by atoms with van der Waals surface area (Å²) in [6, 6.07) is 0. The number of amidine groups is 1. The molecule has 10 heavy (non-hydrogen) atoms. The normalized spacial score (nSPS) is 22.4. The lowest BCUT2D eigenvalue weighted by Crippen LogP contribution is -2.27. The van der Waals surface area contributed by atoms with Gasteiger partial charge in [0.2, 0.25) is 0 Å². The molecule has 0 aromatic heterocycles. The minimum absolute atomic E-state index is 0.975. The SMILES string of the molecule is C1=CN2CC=CN=C2SC1. The molecule has 0 saturated heterocycles. The quantitative estimate of drug-likeness (QED) is 0.522. The van der Waals surface area contributed by atoms with Crippen LogP contribution in [-0.4, -0.2) is 22.4 Å². The molecule has 52 valence electrons. The van der Waals surface area contributed by atoms with Crippen LogP contribution in [-0.2, 0) is 0 Å². The first kappa shape index (κ1) is 6.04. The van der Waals surface area contributed by atoms with Crippen LogP contribution in [0.2, 0.25) is 0 Å². The second-order valence-electron chi connectivity index (χ2n) is 2.14. The molecule has 0 bridgehead atoms. The van der Waals surface area contributed by atoms with E-state index in [2.05, 4.69) is 28.2 Å². The fourth-order valence-electron chi connectivity index (χ4n) is 0.967. The van der Waals surface area contributed by atoms with E-state index < -0.39 is 0 Å². The molecular formula is C7H8N2S. The van der Waals surface area contributed by atoms with Gasteiger partial charge in [-0.05, 0) is 6.08 Å². The van der Waals surface area contributed by atoms with E-state index in [4.69, 9.17) is 0 Å². The smallest absolute Gasteiger partial charge is 0.168 e. The van der Waals surface area contributed by atoms with Crippen LogP contribution < -0.4 is 0 Å². The minimum Gasteiger partial charge on any atom is -0.324 e. The minimum atomic E-state index is 0.975. The summed E-state index contributed by atoms with van der Waals surface area (Å²) in [4.78, 5) is 6.37. The van der Waals surface area contributed by atoms with E-state index in [0.717, 1.165) is 17.5 Å². The number of thioether (sulfide) groups is 1. The molecule has 0 unspecified atom stereocenters. The first-order valence-corrected chi connectivity index (χ1v) is 4.24. The van der Waals surface area contributed by atoms with Gasteiger partial charge in [0.25, 0.3) is 0 Å². The van der Waals surface area contributed by atoms with Crippen LogP contribution in [0.15, 0.2) is 29.5 Å². The Balaban J connectivity index is 2.26. The standard InChI is InChI=1S/C7H8N2S/c1-3-8-7-9(4-1)5-2-6-10-7/h1-3,5H,4,6H2. The Morgan fingerprint density at radius 3 is 3.40 bits per heavy atom. The molecule has 0 spiro atoms. The van der Waals surface area contributed by atoms with Crippen molar-refractivity contribution in [2.45, 2.75) is 0 Å². The molecule has 0 amide bonds. The van der Waals surface area contributed by atoms with Gasteiger partial charge in [-0.15, -0.1) is 0 Å². The maximum Gasteiger partial charge on any atom is 0.168 e. The molecule has 2 rings (SSSR count). The third-order valence-electron chi connectivity index (χ3n) is 1.43. The van der Waals surface area contributed by atoms with Gasteiger partial charge in [-0.3, -0.25) is 0 Å². The fourth-order valence-corrected chi connectivity index (χ4v) is 1.74. The summed E-state index contributed by atoms with van der Waals surface area (Å²) in [5.74, 6) is 1.06. The largest absolute Gasteiger partial charge is 0.324 e. The van der Waals surface area contributed by atoms with E-state index >= 15 is 0 Å². The maximum absolute atomic E-state index is 4.23. The molecule has 2 aliphatic rings. The zero-order valence-electron chi connectivity index (χ0n) is 5.53. The molecule has 0 aliphatic carbocycles. The predicted octanol–water partition coefficient (Wildman–Crippen LogP) is 1.43. The monoisotopic (exact) mass is 152 g/mol. The summed E-state index contributed by atoms with van der Waals surface area (Å²) in [7, 11) is 0. The first-order chi connectivity index (χ1) is 4.97. The third-order valence-corrected chi connectivity index (χ3v) is 2.39. The Morgan fingerprint density at radius 1 is 1.50 bits per heavy atom. The molecule has 0 radical (unpaired) electrons. The summed E-state index contributed by atoms with van der Waals surface area (Å²) in [6.45, 7) is 0.975. The van der Waals surface area contributed by atoms with Crippen LogP contribution in [0.3, 0.4) is 0 Å². The molecule has 2 heterocycles. The summed E-state index contributed by atoms with van der Waals surface area (Å²) in [5.41, 5.74) is 0. The molecule has 0 N–H and O–H groups in total. The van der Waals surface area contributed by atoms with E-state index in [9.17, 15) is 0 Å². The van der Waals surface area contributed by atoms with Gasteiger partial charge < -0.3 is 4.90 Å². The summed E-state index contributed by atoms with van der Waals surface area (Å²) in [6.07, 6.45) is 8.18. The van der Waals surface area contributed by atoms with Crippen molar-refractivity contribution >= 4 is 16.9 Å². The predicted molar refractivity (Wildman–Crippen MR) is 44.9 cm³/mol. The van der Waals surface area contributed by atoms with Gasteiger partial charge in [0.1, 0.15) is 0 Å². The molecule has 3 heteroatoms. The summed E-state index contributed by atoms with van der Waals surface area (Å²) in [5, 5.41) is 1.13. The molecule has 0 saturated carbocycles. The Morgan fingerprint density at radius 2 is 2.50 bits per heavy atom. The van der Waals surface area contributed by atoms with Crippen molar-refractivity contribution in [1.29, 1.82) is 0 Å². The van der Waals surface area contributed by atoms with Crippen LogP contribution >= 0.6 is 11.8 Å². The van der Waals surface area contributed by atoms with E-state index in [1.165, 1.54) is 0 Å². The van der Waals surface area contributed by atoms with Crippen LogP contribution in [0.1, 0.15) is 0 Å². The van der Waals surface area contributed by atoms with Crippen molar-refractivity contribution in [2.75, 3.05) is 12.3 Å².